The molecule has 0 bridgehead atoms. The number of amides is 1. The number of carboxylic acid groups (broad SMARTS) is 1. The summed E-state index contributed by atoms with van der Waals surface area (Å²) in [4.78, 5) is 33.5. The first-order chi connectivity index (χ1) is 10.5. The molecule has 0 aliphatic heterocycles. The molecule has 0 fully saturated rings. The number of Topliss-reactive ketones (excluding diaryl/α,β-unsaturated/α-hetero) is 1. The van der Waals surface area contributed by atoms with Gasteiger partial charge in [-0.1, -0.05) is 36.8 Å². The van der Waals surface area contributed by atoms with Gasteiger partial charge in [-0.3, -0.25) is 0 Å². The van der Waals surface area contributed by atoms with Crippen molar-refractivity contribution in [3.05, 3.63) is 35.9 Å². The Kier molecular flexibility index (Phi) is 7.67. The molecule has 1 aromatic rings. The first-order valence-corrected chi connectivity index (χ1v) is 7.18. The maximum Gasteiger partial charge on any atom is 0.408 e. The Morgan fingerprint density at radius 1 is 1.18 bits per heavy atom. The van der Waals surface area contributed by atoms with Crippen LogP contribution in [0.15, 0.2) is 30.3 Å². The molecule has 22 heavy (non-hydrogen) atoms. The number of carbonyl (C=O) groups excluding carboxylic acids is 2. The molecule has 0 heterocycles. The molecule has 0 aliphatic carbocycles. The van der Waals surface area contributed by atoms with E-state index in [1.165, 1.54) is 6.92 Å². The van der Waals surface area contributed by atoms with Gasteiger partial charge in [-0.05, 0) is 25.3 Å². The van der Waals surface area contributed by atoms with Crippen LogP contribution in [0.2, 0.25) is 0 Å². The van der Waals surface area contributed by atoms with E-state index in [0.717, 1.165) is 5.56 Å². The molecule has 0 spiro atoms. The number of hydrogen-bond acceptors (Lipinski definition) is 4. The van der Waals surface area contributed by atoms with Crippen molar-refractivity contribution in [1.82, 2.24) is 5.32 Å². The molecule has 0 saturated heterocycles. The van der Waals surface area contributed by atoms with Gasteiger partial charge in [-0.15, -0.1) is 0 Å². The number of benzene rings is 1. The molecule has 6 nitrogen and oxygen atoms in total. The molecule has 0 aliphatic rings. The monoisotopic (exact) mass is 307 g/mol. The number of carbonyl (C=O) groups is 3. The van der Waals surface area contributed by atoms with Crippen LogP contribution in [0.5, 0.6) is 0 Å². The quantitative estimate of drug-likeness (QED) is 0.684. The molecule has 6 heteroatoms. The van der Waals surface area contributed by atoms with Gasteiger partial charge in [-0.2, -0.15) is 0 Å². The Hall–Kier alpha value is -2.37. The molecule has 0 aromatic heterocycles. The average molecular weight is 307 g/mol. The second-order valence-corrected chi connectivity index (χ2v) is 5.04. The Bertz CT molecular complexity index is 501. The number of unbranched alkanes of at least 4 members (excludes halogenated alkanes) is 1. The van der Waals surface area contributed by atoms with Crippen LogP contribution in [0.4, 0.5) is 4.79 Å². The number of ketones is 1. The average Bonchev–Trinajstić information content (AvgIpc) is 2.48. The van der Waals surface area contributed by atoms with E-state index in [9.17, 15) is 14.4 Å². The third kappa shape index (κ3) is 7.42. The summed E-state index contributed by atoms with van der Waals surface area (Å²) in [5, 5.41) is 11.4. The van der Waals surface area contributed by atoms with Crippen LogP contribution in [-0.4, -0.2) is 29.0 Å². The van der Waals surface area contributed by atoms with E-state index in [-0.39, 0.29) is 18.8 Å². The maximum atomic E-state index is 11.6. The van der Waals surface area contributed by atoms with E-state index in [1.54, 1.807) is 0 Å². The fraction of sp³-hybridized carbons (Fsp3) is 0.438. The molecule has 120 valence electrons. The lowest BCUT2D eigenvalue weighted by molar-refractivity contribution is -0.139. The van der Waals surface area contributed by atoms with Gasteiger partial charge >= 0.3 is 12.1 Å². The predicted octanol–water partition coefficient (Wildman–Crippen LogP) is 2.52. The molecule has 0 radical (unpaired) electrons. The highest BCUT2D eigenvalue weighted by molar-refractivity contribution is 5.79. The summed E-state index contributed by atoms with van der Waals surface area (Å²) in [5.41, 5.74) is 0.825. The van der Waals surface area contributed by atoms with E-state index in [0.29, 0.717) is 19.3 Å². The zero-order valence-corrected chi connectivity index (χ0v) is 12.6. The third-order valence-corrected chi connectivity index (χ3v) is 3.07. The van der Waals surface area contributed by atoms with Gasteiger partial charge in [0.1, 0.15) is 18.4 Å². The van der Waals surface area contributed by atoms with E-state index < -0.39 is 18.1 Å². The number of carboxylic acids is 1. The molecule has 1 amide bonds. The summed E-state index contributed by atoms with van der Waals surface area (Å²) in [5.74, 6) is -1.04. The Morgan fingerprint density at radius 2 is 1.86 bits per heavy atom. The summed E-state index contributed by atoms with van der Waals surface area (Å²) in [6.07, 6.45) is 1.09. The van der Waals surface area contributed by atoms with Crippen LogP contribution in [0, 0.1) is 0 Å². The molecule has 1 aromatic carbocycles. The lowest BCUT2D eigenvalue weighted by Gasteiger charge is -2.14. The van der Waals surface area contributed by atoms with Crippen molar-refractivity contribution in [3.8, 4) is 0 Å². The molecule has 1 atom stereocenters. The van der Waals surface area contributed by atoms with Crippen molar-refractivity contribution >= 4 is 17.8 Å². The summed E-state index contributed by atoms with van der Waals surface area (Å²) in [6.45, 7) is 1.58. The van der Waals surface area contributed by atoms with Gasteiger partial charge in [0.15, 0.2) is 0 Å². The van der Waals surface area contributed by atoms with Crippen LogP contribution in [0.1, 0.15) is 38.2 Å². The number of ether oxygens (including phenoxy) is 1. The minimum absolute atomic E-state index is 0.0714. The highest BCUT2D eigenvalue weighted by Crippen LogP contribution is 2.06. The van der Waals surface area contributed by atoms with Crippen molar-refractivity contribution in [1.29, 1.82) is 0 Å². The summed E-state index contributed by atoms with van der Waals surface area (Å²) in [6, 6.07) is 8.12. The minimum atomic E-state index is -1.11. The van der Waals surface area contributed by atoms with Crippen LogP contribution in [0.25, 0.3) is 0 Å². The van der Waals surface area contributed by atoms with Crippen LogP contribution < -0.4 is 5.32 Å². The molecular formula is C16H21NO5. The number of alkyl carbamates (subject to hydrolysis) is 1. The summed E-state index contributed by atoms with van der Waals surface area (Å²) >= 11 is 0. The van der Waals surface area contributed by atoms with Gasteiger partial charge in [0, 0.05) is 6.42 Å². The first-order valence-electron chi connectivity index (χ1n) is 7.18. The summed E-state index contributed by atoms with van der Waals surface area (Å²) < 4.78 is 4.99. The predicted molar refractivity (Wildman–Crippen MR) is 80.3 cm³/mol. The van der Waals surface area contributed by atoms with Gasteiger partial charge in [0.2, 0.25) is 0 Å². The highest BCUT2D eigenvalue weighted by atomic mass is 16.5. The Labute approximate surface area is 129 Å². The van der Waals surface area contributed by atoms with Crippen molar-refractivity contribution in [3.63, 3.8) is 0 Å². The van der Waals surface area contributed by atoms with Crippen LogP contribution in [-0.2, 0) is 20.9 Å². The Morgan fingerprint density at radius 3 is 2.45 bits per heavy atom. The van der Waals surface area contributed by atoms with Gasteiger partial charge in [0.25, 0.3) is 0 Å². The Balaban J connectivity index is 2.34. The second kappa shape index (κ2) is 9.55. The minimum Gasteiger partial charge on any atom is -0.480 e. The number of hydrogen-bond donors (Lipinski definition) is 2. The number of rotatable bonds is 9. The fourth-order valence-electron chi connectivity index (χ4n) is 1.89. The highest BCUT2D eigenvalue weighted by Gasteiger charge is 2.20. The normalized spacial score (nSPS) is 11.5. The molecule has 0 saturated carbocycles. The SMILES string of the molecule is CC(=O)CCCCC(NC(=O)OCc1ccccc1)C(=O)O. The standard InChI is InChI=1S/C16H21NO5/c1-12(18)7-5-6-10-14(15(19)20)17-16(21)22-11-13-8-3-2-4-9-13/h2-4,8-9,14H,5-7,10-11H2,1H3,(H,17,21)(H,19,20). The maximum absolute atomic E-state index is 11.6. The molecule has 1 rings (SSSR count). The fourth-order valence-corrected chi connectivity index (χ4v) is 1.89. The van der Waals surface area contributed by atoms with Crippen LogP contribution in [0.3, 0.4) is 0 Å². The number of aliphatic carboxylic acids is 1. The van der Waals surface area contributed by atoms with E-state index in [1.807, 2.05) is 30.3 Å². The second-order valence-electron chi connectivity index (χ2n) is 5.04. The van der Waals surface area contributed by atoms with Crippen molar-refractivity contribution in [2.45, 2.75) is 45.3 Å². The zero-order valence-electron chi connectivity index (χ0n) is 12.6. The largest absolute Gasteiger partial charge is 0.480 e. The van der Waals surface area contributed by atoms with Crippen LogP contribution >= 0.6 is 0 Å². The first kappa shape index (κ1) is 17.7. The lowest BCUT2D eigenvalue weighted by atomic mass is 10.1. The molecule has 1 unspecified atom stereocenters. The third-order valence-electron chi connectivity index (χ3n) is 3.07. The van der Waals surface area contributed by atoms with Gasteiger partial charge < -0.3 is 20.0 Å². The van der Waals surface area contributed by atoms with E-state index in [4.69, 9.17) is 9.84 Å². The lowest BCUT2D eigenvalue weighted by Crippen LogP contribution is -2.41. The van der Waals surface area contributed by atoms with E-state index >= 15 is 0 Å². The van der Waals surface area contributed by atoms with Crippen molar-refractivity contribution in [2.24, 2.45) is 0 Å². The summed E-state index contributed by atoms with van der Waals surface area (Å²) in [7, 11) is 0. The number of nitrogens with one attached hydrogen (secondary N) is 1. The van der Waals surface area contributed by atoms with E-state index in [2.05, 4.69) is 5.32 Å². The van der Waals surface area contributed by atoms with Crippen molar-refractivity contribution < 1.29 is 24.2 Å². The molecule has 2 N–H and O–H groups in total. The molecular weight excluding hydrogens is 286 g/mol. The van der Waals surface area contributed by atoms with Gasteiger partial charge in [-0.25, -0.2) is 9.59 Å². The van der Waals surface area contributed by atoms with Crippen molar-refractivity contribution in [2.75, 3.05) is 0 Å². The topological polar surface area (TPSA) is 92.7 Å². The van der Waals surface area contributed by atoms with Gasteiger partial charge in [0.05, 0.1) is 0 Å². The zero-order chi connectivity index (χ0) is 16.4. The smallest absolute Gasteiger partial charge is 0.408 e.